The second kappa shape index (κ2) is 13.4. The van der Waals surface area contributed by atoms with Gasteiger partial charge in [0.2, 0.25) is 5.91 Å². The van der Waals surface area contributed by atoms with Crippen molar-refractivity contribution in [2.45, 2.75) is 65.4 Å². The summed E-state index contributed by atoms with van der Waals surface area (Å²) in [7, 11) is 0. The second-order valence-corrected chi connectivity index (χ2v) is 8.90. The Kier molecular flexibility index (Phi) is 11.2. The van der Waals surface area contributed by atoms with E-state index in [1.54, 1.807) is 0 Å². The van der Waals surface area contributed by atoms with Gasteiger partial charge in [0.05, 0.1) is 6.10 Å². The Morgan fingerprint density at radius 3 is 2.72 bits per heavy atom. The van der Waals surface area contributed by atoms with Crippen molar-refractivity contribution in [3.8, 4) is 0 Å². The molecule has 2 heterocycles. The highest BCUT2D eigenvalue weighted by molar-refractivity contribution is 14.0. The summed E-state index contributed by atoms with van der Waals surface area (Å²) >= 11 is 0. The van der Waals surface area contributed by atoms with Gasteiger partial charge < -0.3 is 19.9 Å². The van der Waals surface area contributed by atoms with Gasteiger partial charge in [-0.15, -0.1) is 24.0 Å². The molecule has 180 valence electrons. The maximum Gasteiger partial charge on any atom is 0.222 e. The SMILES string of the molecule is CCNC(=NCCC(OCC)C(C)C)N1CC(CCN2CCCC2=O)c2ccccc21.I. The number of carbonyl (C=O) groups is 1. The fourth-order valence-electron chi connectivity index (χ4n) is 4.71. The molecule has 0 radical (unpaired) electrons. The molecule has 0 aromatic heterocycles. The summed E-state index contributed by atoms with van der Waals surface area (Å²) in [5, 5.41) is 3.50. The quantitative estimate of drug-likeness (QED) is 0.259. The lowest BCUT2D eigenvalue weighted by Gasteiger charge is -2.24. The number of aliphatic imine (C=N–C) groups is 1. The monoisotopic (exact) mass is 556 g/mol. The first-order valence-electron chi connectivity index (χ1n) is 12.1. The predicted molar refractivity (Wildman–Crippen MR) is 143 cm³/mol. The van der Waals surface area contributed by atoms with Crippen LogP contribution in [0.1, 0.15) is 64.9 Å². The maximum absolute atomic E-state index is 12.0. The van der Waals surface area contributed by atoms with Crippen LogP contribution in [-0.4, -0.2) is 62.2 Å². The fourth-order valence-corrected chi connectivity index (χ4v) is 4.71. The van der Waals surface area contributed by atoms with Gasteiger partial charge in [-0.3, -0.25) is 9.79 Å². The van der Waals surface area contributed by atoms with Crippen LogP contribution < -0.4 is 10.2 Å². The standard InChI is InChI=1S/C25H40N4O2.HI/c1-5-26-25(27-15-13-23(19(3)4)31-6-2)29-18-20(21-10-7-8-11-22(21)29)14-17-28-16-9-12-24(28)30;/h7-8,10-11,19-20,23H,5-6,9,12-18H2,1-4H3,(H,26,27);1H. The number of amides is 1. The zero-order chi connectivity index (χ0) is 22.2. The van der Waals surface area contributed by atoms with Crippen LogP contribution in [-0.2, 0) is 9.53 Å². The van der Waals surface area contributed by atoms with Crippen LogP contribution in [0.25, 0.3) is 0 Å². The Bertz CT molecular complexity index is 755. The van der Waals surface area contributed by atoms with Crippen LogP contribution in [0.3, 0.4) is 0 Å². The zero-order valence-electron chi connectivity index (χ0n) is 20.2. The molecular formula is C25H41IN4O2. The molecule has 6 nitrogen and oxygen atoms in total. The van der Waals surface area contributed by atoms with E-state index in [0.717, 1.165) is 64.6 Å². The maximum atomic E-state index is 12.0. The number of benzene rings is 1. The predicted octanol–water partition coefficient (Wildman–Crippen LogP) is 4.64. The van der Waals surface area contributed by atoms with Crippen LogP contribution in [0, 0.1) is 5.92 Å². The molecule has 1 aromatic carbocycles. The fraction of sp³-hybridized carbons (Fsp3) is 0.680. The van der Waals surface area contributed by atoms with Gasteiger partial charge in [-0.2, -0.15) is 0 Å². The lowest BCUT2D eigenvalue weighted by atomic mass is 9.98. The van der Waals surface area contributed by atoms with Gasteiger partial charge in [0.15, 0.2) is 5.96 Å². The van der Waals surface area contributed by atoms with Crippen LogP contribution in [0.2, 0.25) is 0 Å². The van der Waals surface area contributed by atoms with Gasteiger partial charge in [-0.1, -0.05) is 32.0 Å². The van der Waals surface area contributed by atoms with Crippen LogP contribution in [0.5, 0.6) is 0 Å². The van der Waals surface area contributed by atoms with Crippen molar-refractivity contribution < 1.29 is 9.53 Å². The van der Waals surface area contributed by atoms with Crippen molar-refractivity contribution in [2.75, 3.05) is 44.2 Å². The first kappa shape index (κ1) is 26.9. The van der Waals surface area contributed by atoms with Gasteiger partial charge in [-0.25, -0.2) is 0 Å². The molecule has 1 N–H and O–H groups in total. The van der Waals surface area contributed by atoms with E-state index >= 15 is 0 Å². The summed E-state index contributed by atoms with van der Waals surface area (Å²) in [6.45, 7) is 13.6. The third kappa shape index (κ3) is 6.83. The molecule has 7 heteroatoms. The number of ether oxygens (including phenoxy) is 1. The van der Waals surface area contributed by atoms with Gasteiger partial charge in [0.25, 0.3) is 0 Å². The Morgan fingerprint density at radius 2 is 2.06 bits per heavy atom. The molecule has 0 bridgehead atoms. The molecule has 2 aliphatic heterocycles. The molecule has 1 aromatic rings. The van der Waals surface area contributed by atoms with Gasteiger partial charge in [-0.05, 0) is 50.7 Å². The molecule has 0 spiro atoms. The third-order valence-electron chi connectivity index (χ3n) is 6.38. The van der Waals surface area contributed by atoms with Gasteiger partial charge >= 0.3 is 0 Å². The molecule has 32 heavy (non-hydrogen) atoms. The Hall–Kier alpha value is -1.35. The summed E-state index contributed by atoms with van der Waals surface area (Å²) in [6, 6.07) is 8.65. The van der Waals surface area contributed by atoms with E-state index in [0.29, 0.717) is 24.2 Å². The summed E-state index contributed by atoms with van der Waals surface area (Å²) in [5.41, 5.74) is 2.61. The van der Waals surface area contributed by atoms with Crippen LogP contribution >= 0.6 is 24.0 Å². The Morgan fingerprint density at radius 1 is 1.28 bits per heavy atom. The number of nitrogens with one attached hydrogen (secondary N) is 1. The largest absolute Gasteiger partial charge is 0.378 e. The minimum absolute atomic E-state index is 0. The molecule has 2 unspecified atom stereocenters. The minimum Gasteiger partial charge on any atom is -0.378 e. The molecule has 2 aliphatic rings. The van der Waals surface area contributed by atoms with Crippen LogP contribution in [0.4, 0.5) is 5.69 Å². The van der Waals surface area contributed by atoms with E-state index < -0.39 is 0 Å². The lowest BCUT2D eigenvalue weighted by Crippen LogP contribution is -2.41. The van der Waals surface area contributed by atoms with E-state index in [9.17, 15) is 4.79 Å². The molecule has 3 rings (SSSR count). The lowest BCUT2D eigenvalue weighted by molar-refractivity contribution is -0.127. The number of likely N-dealkylation sites (tertiary alicyclic amines) is 1. The number of guanidine groups is 1. The Labute approximate surface area is 211 Å². The normalized spacial score (nSPS) is 19.3. The van der Waals surface area contributed by atoms with E-state index in [1.807, 2.05) is 4.90 Å². The molecule has 0 aliphatic carbocycles. The van der Waals surface area contributed by atoms with E-state index in [2.05, 4.69) is 62.2 Å². The van der Waals surface area contributed by atoms with E-state index in [4.69, 9.17) is 9.73 Å². The van der Waals surface area contributed by atoms with Crippen molar-refractivity contribution in [3.05, 3.63) is 29.8 Å². The number of nitrogens with zero attached hydrogens (tertiary/aromatic N) is 3. The van der Waals surface area contributed by atoms with Crippen LogP contribution in [0.15, 0.2) is 29.3 Å². The van der Waals surface area contributed by atoms with E-state index in [-0.39, 0.29) is 30.1 Å². The number of fused-ring (bicyclic) bond motifs is 1. The second-order valence-electron chi connectivity index (χ2n) is 8.90. The number of hydrogen-bond acceptors (Lipinski definition) is 3. The molecule has 1 fully saturated rings. The number of para-hydroxylation sites is 1. The average molecular weight is 557 g/mol. The summed E-state index contributed by atoms with van der Waals surface area (Å²) < 4.78 is 5.90. The topological polar surface area (TPSA) is 57.2 Å². The third-order valence-corrected chi connectivity index (χ3v) is 6.38. The van der Waals surface area contributed by atoms with Crippen molar-refractivity contribution in [1.29, 1.82) is 0 Å². The number of carbonyl (C=O) groups excluding carboxylic acids is 1. The van der Waals surface area contributed by atoms with E-state index in [1.165, 1.54) is 11.3 Å². The summed E-state index contributed by atoms with van der Waals surface area (Å²) in [4.78, 5) is 21.4. The number of anilines is 1. The van der Waals surface area contributed by atoms with Crippen molar-refractivity contribution in [2.24, 2.45) is 10.9 Å². The highest BCUT2D eigenvalue weighted by Crippen LogP contribution is 2.38. The highest BCUT2D eigenvalue weighted by atomic mass is 127. The minimum atomic E-state index is 0. The van der Waals surface area contributed by atoms with Gasteiger partial charge in [0.1, 0.15) is 0 Å². The average Bonchev–Trinajstić information content (AvgIpc) is 3.34. The van der Waals surface area contributed by atoms with Crippen molar-refractivity contribution >= 4 is 41.5 Å². The summed E-state index contributed by atoms with van der Waals surface area (Å²) in [5.74, 6) is 2.17. The highest BCUT2D eigenvalue weighted by Gasteiger charge is 2.32. The number of halogens is 1. The van der Waals surface area contributed by atoms with Crippen molar-refractivity contribution in [3.63, 3.8) is 0 Å². The number of hydrogen-bond donors (Lipinski definition) is 1. The molecular weight excluding hydrogens is 515 g/mol. The van der Waals surface area contributed by atoms with Crippen molar-refractivity contribution in [1.82, 2.24) is 10.2 Å². The number of rotatable bonds is 10. The smallest absolute Gasteiger partial charge is 0.222 e. The molecule has 1 saturated heterocycles. The molecule has 0 saturated carbocycles. The van der Waals surface area contributed by atoms with Gasteiger partial charge in [0, 0.05) is 57.4 Å². The first-order chi connectivity index (χ1) is 15.0. The first-order valence-corrected chi connectivity index (χ1v) is 12.1. The Balaban J connectivity index is 0.00000363. The molecule has 2 atom stereocenters. The zero-order valence-corrected chi connectivity index (χ0v) is 22.5. The molecule has 1 amide bonds. The summed E-state index contributed by atoms with van der Waals surface area (Å²) in [6.07, 6.45) is 3.88.